The van der Waals surface area contributed by atoms with E-state index in [1.165, 1.54) is 46.8 Å². The third-order valence-electron chi connectivity index (χ3n) is 5.39. The number of piperidine rings is 1. The van der Waals surface area contributed by atoms with Crippen LogP contribution >= 0.6 is 12.2 Å². The summed E-state index contributed by atoms with van der Waals surface area (Å²) in [7, 11) is 0. The Morgan fingerprint density at radius 2 is 2.18 bits per heavy atom. The number of nitrogens with one attached hydrogen (secondary N) is 1. The van der Waals surface area contributed by atoms with Crippen LogP contribution in [-0.2, 0) is 17.6 Å². The Hall–Kier alpha value is -0.710. The molecule has 1 aromatic heterocycles. The Labute approximate surface area is 139 Å². The van der Waals surface area contributed by atoms with Crippen LogP contribution in [0.5, 0.6) is 0 Å². The molecule has 0 amide bonds. The topological polar surface area (TPSA) is 28.3 Å². The molecule has 1 aromatic rings. The van der Waals surface area contributed by atoms with E-state index in [9.17, 15) is 0 Å². The molecule has 1 aliphatic carbocycles. The second-order valence-electron chi connectivity index (χ2n) is 6.66. The summed E-state index contributed by atoms with van der Waals surface area (Å²) in [6.07, 6.45) is 3.51. The van der Waals surface area contributed by atoms with E-state index >= 15 is 0 Å². The Morgan fingerprint density at radius 3 is 2.91 bits per heavy atom. The standard InChI is InChI=1S/C18H28N2OS/c1-4-14-12(3)19-16-10-13-6-7-20(8-9-21-5-2)11-15(13)18(22)17(14)16/h13,15,19H,4-11H2,1-3H3. The molecule has 1 N–H and O–H groups in total. The monoisotopic (exact) mass is 320 g/mol. The van der Waals surface area contributed by atoms with Gasteiger partial charge < -0.3 is 14.6 Å². The zero-order chi connectivity index (χ0) is 15.7. The fourth-order valence-corrected chi connectivity index (χ4v) is 4.74. The first-order valence-electron chi connectivity index (χ1n) is 8.70. The Bertz CT molecular complexity index is 552. The average Bonchev–Trinajstić information content (AvgIpc) is 2.83. The van der Waals surface area contributed by atoms with E-state index in [1.54, 1.807) is 0 Å². The molecule has 0 radical (unpaired) electrons. The maximum absolute atomic E-state index is 5.94. The lowest BCUT2D eigenvalue weighted by Gasteiger charge is -2.41. The summed E-state index contributed by atoms with van der Waals surface area (Å²) in [6.45, 7) is 11.5. The molecule has 2 unspecified atom stereocenters. The van der Waals surface area contributed by atoms with Crippen LogP contribution in [0.15, 0.2) is 0 Å². The lowest BCUT2D eigenvalue weighted by atomic mass is 9.73. The van der Waals surface area contributed by atoms with Gasteiger partial charge in [-0.25, -0.2) is 0 Å². The lowest BCUT2D eigenvalue weighted by Crippen LogP contribution is -2.47. The smallest absolute Gasteiger partial charge is 0.0593 e. The van der Waals surface area contributed by atoms with E-state index < -0.39 is 0 Å². The molecule has 122 valence electrons. The number of rotatable bonds is 5. The van der Waals surface area contributed by atoms with Crippen LogP contribution < -0.4 is 0 Å². The number of aryl methyl sites for hydroxylation is 1. The first kappa shape index (κ1) is 16.2. The third kappa shape index (κ3) is 2.89. The number of fused-ring (bicyclic) bond motifs is 2. The number of hydrogen-bond acceptors (Lipinski definition) is 3. The summed E-state index contributed by atoms with van der Waals surface area (Å²) in [6, 6.07) is 0. The number of nitrogens with zero attached hydrogens (tertiary/aromatic N) is 1. The van der Waals surface area contributed by atoms with E-state index in [0.717, 1.165) is 38.6 Å². The highest BCUT2D eigenvalue weighted by Crippen LogP contribution is 2.38. The van der Waals surface area contributed by atoms with Gasteiger partial charge in [0.2, 0.25) is 0 Å². The quantitative estimate of drug-likeness (QED) is 0.667. The summed E-state index contributed by atoms with van der Waals surface area (Å²) in [5.74, 6) is 1.28. The number of ether oxygens (including phenoxy) is 1. The van der Waals surface area contributed by atoms with Gasteiger partial charge in [-0.2, -0.15) is 0 Å². The van der Waals surface area contributed by atoms with Gasteiger partial charge in [0.1, 0.15) is 0 Å². The first-order valence-corrected chi connectivity index (χ1v) is 9.11. The van der Waals surface area contributed by atoms with Gasteiger partial charge in [-0.05, 0) is 51.1 Å². The SMILES string of the molecule is CCOCCN1CCC2Cc3[nH]c(C)c(CC)c3C(=S)C2C1. The Morgan fingerprint density at radius 1 is 1.36 bits per heavy atom. The van der Waals surface area contributed by atoms with Crippen molar-refractivity contribution in [1.82, 2.24) is 9.88 Å². The Kier molecular flexibility index (Phi) is 5.00. The van der Waals surface area contributed by atoms with Crippen molar-refractivity contribution in [3.8, 4) is 0 Å². The van der Waals surface area contributed by atoms with Crippen LogP contribution in [0.3, 0.4) is 0 Å². The first-order chi connectivity index (χ1) is 10.7. The summed E-state index contributed by atoms with van der Waals surface area (Å²) in [5.41, 5.74) is 5.57. The third-order valence-corrected chi connectivity index (χ3v) is 5.90. The van der Waals surface area contributed by atoms with Crippen molar-refractivity contribution >= 4 is 17.1 Å². The zero-order valence-electron chi connectivity index (χ0n) is 14.1. The molecule has 1 fully saturated rings. The van der Waals surface area contributed by atoms with Crippen molar-refractivity contribution in [2.24, 2.45) is 11.8 Å². The molecule has 0 spiro atoms. The van der Waals surface area contributed by atoms with Crippen LogP contribution in [0.4, 0.5) is 0 Å². The van der Waals surface area contributed by atoms with Crippen molar-refractivity contribution in [1.29, 1.82) is 0 Å². The Balaban J connectivity index is 1.76. The molecule has 3 nitrogen and oxygen atoms in total. The largest absolute Gasteiger partial charge is 0.380 e. The number of hydrogen-bond donors (Lipinski definition) is 1. The molecule has 3 rings (SSSR count). The molecule has 1 saturated heterocycles. The highest BCUT2D eigenvalue weighted by atomic mass is 32.1. The van der Waals surface area contributed by atoms with Gasteiger partial charge in [0.15, 0.2) is 0 Å². The normalized spacial score (nSPS) is 25.1. The van der Waals surface area contributed by atoms with Crippen LogP contribution in [0.1, 0.15) is 42.8 Å². The molecule has 4 heteroatoms. The van der Waals surface area contributed by atoms with Gasteiger partial charge in [-0.3, -0.25) is 0 Å². The second kappa shape index (κ2) is 6.81. The summed E-state index contributed by atoms with van der Waals surface area (Å²) in [5, 5.41) is 0. The summed E-state index contributed by atoms with van der Waals surface area (Å²) >= 11 is 5.94. The van der Waals surface area contributed by atoms with Crippen LogP contribution in [0, 0.1) is 18.8 Å². The minimum atomic E-state index is 0.554. The molecule has 1 aliphatic heterocycles. The molecule has 0 aromatic carbocycles. The fraction of sp³-hybridized carbons (Fsp3) is 0.722. The van der Waals surface area contributed by atoms with E-state index in [0.29, 0.717) is 5.92 Å². The zero-order valence-corrected chi connectivity index (χ0v) is 14.9. The molecule has 2 atom stereocenters. The van der Waals surface area contributed by atoms with Crippen LogP contribution in [0.25, 0.3) is 0 Å². The van der Waals surface area contributed by atoms with E-state index in [4.69, 9.17) is 17.0 Å². The number of thiocarbonyl (C=S) groups is 1. The van der Waals surface area contributed by atoms with Crippen molar-refractivity contribution in [2.45, 2.75) is 40.0 Å². The van der Waals surface area contributed by atoms with Gasteiger partial charge >= 0.3 is 0 Å². The number of aromatic nitrogens is 1. The van der Waals surface area contributed by atoms with Gasteiger partial charge in [0.25, 0.3) is 0 Å². The van der Waals surface area contributed by atoms with Crippen molar-refractivity contribution in [3.63, 3.8) is 0 Å². The number of likely N-dealkylation sites (tertiary alicyclic amines) is 1. The van der Waals surface area contributed by atoms with Crippen molar-refractivity contribution in [2.75, 3.05) is 32.8 Å². The van der Waals surface area contributed by atoms with Gasteiger partial charge in [0.05, 0.1) is 6.61 Å². The second-order valence-corrected chi connectivity index (χ2v) is 7.10. The molecule has 0 saturated carbocycles. The fourth-order valence-electron chi connectivity index (χ4n) is 4.22. The minimum absolute atomic E-state index is 0.554. The summed E-state index contributed by atoms with van der Waals surface area (Å²) < 4.78 is 5.52. The summed E-state index contributed by atoms with van der Waals surface area (Å²) in [4.78, 5) is 7.37. The predicted octanol–water partition coefficient (Wildman–Crippen LogP) is 3.13. The predicted molar refractivity (Wildman–Crippen MR) is 94.8 cm³/mol. The van der Waals surface area contributed by atoms with Crippen LogP contribution in [0.2, 0.25) is 0 Å². The molecule has 22 heavy (non-hydrogen) atoms. The average molecular weight is 321 g/mol. The highest BCUT2D eigenvalue weighted by Gasteiger charge is 2.38. The van der Waals surface area contributed by atoms with E-state index in [-0.39, 0.29) is 0 Å². The van der Waals surface area contributed by atoms with Gasteiger partial charge in [0, 0.05) is 47.4 Å². The number of aromatic amines is 1. The van der Waals surface area contributed by atoms with Crippen LogP contribution in [-0.4, -0.2) is 47.6 Å². The molecule has 2 aliphatic rings. The van der Waals surface area contributed by atoms with Crippen molar-refractivity contribution in [3.05, 3.63) is 22.5 Å². The minimum Gasteiger partial charge on any atom is -0.380 e. The van der Waals surface area contributed by atoms with Crippen molar-refractivity contribution < 1.29 is 4.74 Å². The lowest BCUT2D eigenvalue weighted by molar-refractivity contribution is 0.0852. The maximum atomic E-state index is 5.94. The van der Waals surface area contributed by atoms with E-state index in [1.807, 2.05) is 0 Å². The number of H-pyrrole nitrogens is 1. The maximum Gasteiger partial charge on any atom is 0.0593 e. The van der Waals surface area contributed by atoms with E-state index in [2.05, 4.69) is 30.7 Å². The molecular weight excluding hydrogens is 292 g/mol. The highest BCUT2D eigenvalue weighted by molar-refractivity contribution is 7.80. The van der Waals surface area contributed by atoms with Gasteiger partial charge in [-0.15, -0.1) is 0 Å². The van der Waals surface area contributed by atoms with Gasteiger partial charge in [-0.1, -0.05) is 19.1 Å². The molecule has 2 heterocycles. The molecular formula is C18H28N2OS. The molecule has 0 bridgehead atoms.